The van der Waals surface area contributed by atoms with Gasteiger partial charge in [-0.25, -0.2) is 4.98 Å². The van der Waals surface area contributed by atoms with Crippen LogP contribution in [0.4, 0.5) is 0 Å². The second-order valence-electron chi connectivity index (χ2n) is 7.27. The van der Waals surface area contributed by atoms with Crippen LogP contribution < -0.4 is 5.56 Å². The fourth-order valence-electron chi connectivity index (χ4n) is 3.98. The topological polar surface area (TPSA) is 66.8 Å². The van der Waals surface area contributed by atoms with Crippen molar-refractivity contribution in [2.75, 3.05) is 6.54 Å². The third-order valence-electron chi connectivity index (χ3n) is 5.50. The van der Waals surface area contributed by atoms with Gasteiger partial charge in [0.25, 0.3) is 5.56 Å². The van der Waals surface area contributed by atoms with Crippen molar-refractivity contribution in [1.29, 1.82) is 0 Å². The van der Waals surface area contributed by atoms with Gasteiger partial charge < -0.3 is 9.55 Å². The number of H-pyrrole nitrogens is 1. The van der Waals surface area contributed by atoms with Crippen LogP contribution in [0.2, 0.25) is 0 Å². The van der Waals surface area contributed by atoms with Crippen molar-refractivity contribution in [1.82, 2.24) is 24.4 Å². The third kappa shape index (κ3) is 2.92. The normalized spacial score (nSPS) is 14.3. The molecule has 1 aliphatic rings. The largest absolute Gasteiger partial charge is 0.346 e. The Morgan fingerprint density at radius 2 is 2.00 bits per heavy atom. The molecule has 6 heteroatoms. The Morgan fingerprint density at radius 3 is 2.82 bits per heavy atom. The number of para-hydroxylation sites is 1. The molecule has 4 heterocycles. The third-order valence-corrected chi connectivity index (χ3v) is 5.50. The van der Waals surface area contributed by atoms with Gasteiger partial charge in [-0.1, -0.05) is 24.3 Å². The zero-order chi connectivity index (χ0) is 19.1. The molecule has 3 aromatic heterocycles. The van der Waals surface area contributed by atoms with Gasteiger partial charge in [0.1, 0.15) is 5.69 Å². The lowest BCUT2D eigenvalue weighted by atomic mass is 10.1. The lowest BCUT2D eigenvalue weighted by Crippen LogP contribution is -2.35. The lowest BCUT2D eigenvalue weighted by Gasteiger charge is -2.27. The van der Waals surface area contributed by atoms with Gasteiger partial charge in [0.05, 0.1) is 5.69 Å². The lowest BCUT2D eigenvalue weighted by molar-refractivity contribution is 0.236. The maximum atomic E-state index is 12.5. The highest BCUT2D eigenvalue weighted by atomic mass is 16.1. The average Bonchev–Trinajstić information content (AvgIpc) is 3.04. The van der Waals surface area contributed by atoms with Crippen LogP contribution in [0, 0.1) is 0 Å². The van der Waals surface area contributed by atoms with Gasteiger partial charge in [0, 0.05) is 49.7 Å². The van der Waals surface area contributed by atoms with Gasteiger partial charge in [0.2, 0.25) is 0 Å². The van der Waals surface area contributed by atoms with Crippen LogP contribution in [-0.4, -0.2) is 31.0 Å². The molecule has 1 N–H and O–H groups in total. The molecule has 0 saturated heterocycles. The van der Waals surface area contributed by atoms with Gasteiger partial charge >= 0.3 is 0 Å². The van der Waals surface area contributed by atoms with Crippen LogP contribution in [0.25, 0.3) is 22.4 Å². The van der Waals surface area contributed by atoms with Gasteiger partial charge in [-0.05, 0) is 36.1 Å². The van der Waals surface area contributed by atoms with E-state index in [9.17, 15) is 4.79 Å². The number of hydrogen-bond donors (Lipinski definition) is 1. The Hall–Kier alpha value is -3.25. The first kappa shape index (κ1) is 16.9. The minimum absolute atomic E-state index is 0.0464. The molecular formula is C22H21N5O. The van der Waals surface area contributed by atoms with E-state index in [0.717, 1.165) is 24.3 Å². The van der Waals surface area contributed by atoms with Crippen molar-refractivity contribution in [2.24, 2.45) is 7.05 Å². The molecular weight excluding hydrogens is 350 g/mol. The molecule has 0 aliphatic carbocycles. The van der Waals surface area contributed by atoms with E-state index >= 15 is 0 Å². The number of rotatable bonds is 3. The molecule has 6 nitrogen and oxygen atoms in total. The number of aryl methyl sites for hydroxylation is 1. The first-order chi connectivity index (χ1) is 13.7. The predicted molar refractivity (Wildman–Crippen MR) is 109 cm³/mol. The standard InChI is InChI=1S/C22H21N5O/c1-26-16(12-15-6-2-3-8-20(15)26)13-27-11-9-17-19(14-27)24-21(25-22(17)28)18-7-4-5-10-23-18/h2-8,10,12H,9,11,13-14H2,1H3,(H,24,25,28). The number of nitrogens with zero attached hydrogens (tertiary/aromatic N) is 4. The van der Waals surface area contributed by atoms with Crippen LogP contribution in [-0.2, 0) is 26.6 Å². The molecule has 0 atom stereocenters. The second kappa shape index (κ2) is 6.73. The number of fused-ring (bicyclic) bond motifs is 2. The number of aromatic amines is 1. The summed E-state index contributed by atoms with van der Waals surface area (Å²) in [7, 11) is 2.11. The molecule has 28 heavy (non-hydrogen) atoms. The highest BCUT2D eigenvalue weighted by Crippen LogP contribution is 2.22. The maximum Gasteiger partial charge on any atom is 0.254 e. The predicted octanol–water partition coefficient (Wildman–Crippen LogP) is 2.88. The molecule has 0 saturated carbocycles. The zero-order valence-corrected chi connectivity index (χ0v) is 15.7. The summed E-state index contributed by atoms with van der Waals surface area (Å²) in [6, 6.07) is 16.3. The Labute approximate surface area is 162 Å². The SMILES string of the molecule is Cn1c(CN2CCc3c(nc(-c4ccccn4)[nH]c3=O)C2)cc2ccccc21. The molecule has 5 rings (SSSR count). The van der Waals surface area contributed by atoms with Crippen LogP contribution in [0.15, 0.2) is 59.5 Å². The first-order valence-corrected chi connectivity index (χ1v) is 9.48. The monoisotopic (exact) mass is 371 g/mol. The first-order valence-electron chi connectivity index (χ1n) is 9.48. The van der Waals surface area contributed by atoms with Crippen molar-refractivity contribution in [2.45, 2.75) is 19.5 Å². The summed E-state index contributed by atoms with van der Waals surface area (Å²) in [4.78, 5) is 26.8. The van der Waals surface area contributed by atoms with Crippen molar-refractivity contribution >= 4 is 10.9 Å². The van der Waals surface area contributed by atoms with E-state index in [2.05, 4.69) is 56.8 Å². The van der Waals surface area contributed by atoms with Crippen molar-refractivity contribution in [3.63, 3.8) is 0 Å². The molecule has 1 aliphatic heterocycles. The highest BCUT2D eigenvalue weighted by Gasteiger charge is 2.22. The second-order valence-corrected chi connectivity index (χ2v) is 7.27. The summed E-state index contributed by atoms with van der Waals surface area (Å²) in [5.74, 6) is 0.538. The minimum Gasteiger partial charge on any atom is -0.346 e. The maximum absolute atomic E-state index is 12.5. The number of pyridine rings is 1. The minimum atomic E-state index is -0.0464. The molecule has 1 aromatic carbocycles. The van der Waals surface area contributed by atoms with Gasteiger partial charge in [-0.3, -0.25) is 14.7 Å². The van der Waals surface area contributed by atoms with Gasteiger partial charge in [-0.15, -0.1) is 0 Å². The van der Waals surface area contributed by atoms with E-state index in [1.54, 1.807) is 6.20 Å². The molecule has 0 fully saturated rings. The fraction of sp³-hybridized carbons (Fsp3) is 0.227. The number of aromatic nitrogens is 4. The van der Waals surface area contributed by atoms with Crippen molar-refractivity contribution in [3.8, 4) is 11.5 Å². The molecule has 0 spiro atoms. The molecule has 0 amide bonds. The summed E-state index contributed by atoms with van der Waals surface area (Å²) in [6.45, 7) is 2.35. The zero-order valence-electron chi connectivity index (χ0n) is 15.7. The number of benzene rings is 1. The molecule has 140 valence electrons. The van der Waals surface area contributed by atoms with Gasteiger partial charge in [-0.2, -0.15) is 0 Å². The Balaban J connectivity index is 1.45. The van der Waals surface area contributed by atoms with Crippen molar-refractivity contribution < 1.29 is 0 Å². The van der Waals surface area contributed by atoms with E-state index in [1.165, 1.54) is 16.6 Å². The number of hydrogen-bond acceptors (Lipinski definition) is 4. The van der Waals surface area contributed by atoms with Crippen LogP contribution >= 0.6 is 0 Å². The smallest absolute Gasteiger partial charge is 0.254 e. The van der Waals surface area contributed by atoms with E-state index < -0.39 is 0 Å². The number of nitrogens with one attached hydrogen (secondary N) is 1. The fourth-order valence-corrected chi connectivity index (χ4v) is 3.98. The quantitative estimate of drug-likeness (QED) is 0.601. The van der Waals surface area contributed by atoms with Crippen molar-refractivity contribution in [3.05, 3.63) is 82.0 Å². The summed E-state index contributed by atoms with van der Waals surface area (Å²) < 4.78 is 2.25. The average molecular weight is 371 g/mol. The molecule has 4 aromatic rings. The van der Waals surface area contributed by atoms with E-state index in [0.29, 0.717) is 24.5 Å². The summed E-state index contributed by atoms with van der Waals surface area (Å²) in [5, 5.41) is 1.25. The van der Waals surface area contributed by atoms with E-state index in [-0.39, 0.29) is 5.56 Å². The van der Waals surface area contributed by atoms with Crippen LogP contribution in [0.1, 0.15) is 17.0 Å². The van der Waals surface area contributed by atoms with Crippen LogP contribution in [0.3, 0.4) is 0 Å². The van der Waals surface area contributed by atoms with Crippen LogP contribution in [0.5, 0.6) is 0 Å². The Bertz CT molecular complexity index is 1210. The van der Waals surface area contributed by atoms with E-state index in [1.807, 2.05) is 18.2 Å². The Morgan fingerprint density at radius 1 is 1.14 bits per heavy atom. The summed E-state index contributed by atoms with van der Waals surface area (Å²) in [6.07, 6.45) is 2.42. The summed E-state index contributed by atoms with van der Waals surface area (Å²) >= 11 is 0. The highest BCUT2D eigenvalue weighted by molar-refractivity contribution is 5.81. The molecule has 0 bridgehead atoms. The summed E-state index contributed by atoms with van der Waals surface area (Å²) in [5.41, 5.74) is 4.80. The molecule has 0 radical (unpaired) electrons. The molecule has 0 unspecified atom stereocenters. The van der Waals surface area contributed by atoms with Gasteiger partial charge in [0.15, 0.2) is 5.82 Å². The Kier molecular flexibility index (Phi) is 4.06. The van der Waals surface area contributed by atoms with E-state index in [4.69, 9.17) is 4.98 Å².